The normalized spacial score (nSPS) is 16.1. The number of aliphatic hydroxyl groups excluding tert-OH is 1. The predicted molar refractivity (Wildman–Crippen MR) is 111 cm³/mol. The second-order valence-electron chi connectivity index (χ2n) is 6.76. The second kappa shape index (κ2) is 9.25. The third-order valence-electron chi connectivity index (χ3n) is 5.05. The number of rotatable bonds is 4. The maximum absolute atomic E-state index is 11.5. The van der Waals surface area contributed by atoms with E-state index < -0.39 is 11.9 Å². The summed E-state index contributed by atoms with van der Waals surface area (Å²) in [7, 11) is 1.00. The van der Waals surface area contributed by atoms with Crippen molar-refractivity contribution in [3.8, 4) is 11.1 Å². The summed E-state index contributed by atoms with van der Waals surface area (Å²) in [6, 6.07) is 13.2. The molecule has 1 unspecified atom stereocenters. The Morgan fingerprint density at radius 3 is 2.72 bits per heavy atom. The quantitative estimate of drug-likeness (QED) is 0.657. The van der Waals surface area contributed by atoms with Crippen molar-refractivity contribution in [1.82, 2.24) is 9.97 Å². The van der Waals surface area contributed by atoms with Gasteiger partial charge in [-0.3, -0.25) is 9.59 Å². The maximum Gasteiger partial charge on any atom is 0.308 e. The number of piperidine rings is 1. The number of anilines is 1. The number of aliphatic hydroxyl groups is 1. The van der Waals surface area contributed by atoms with Crippen LogP contribution < -0.4 is 4.90 Å². The van der Waals surface area contributed by atoms with Crippen molar-refractivity contribution in [3.63, 3.8) is 0 Å². The zero-order valence-corrected chi connectivity index (χ0v) is 16.2. The van der Waals surface area contributed by atoms with Crippen molar-refractivity contribution in [2.45, 2.75) is 12.8 Å². The Hall–Kier alpha value is -3.32. The Bertz CT molecular complexity index is 1020. The van der Waals surface area contributed by atoms with Crippen LogP contribution in [0.25, 0.3) is 22.0 Å². The molecule has 1 saturated heterocycles. The predicted octanol–water partition coefficient (Wildman–Crippen LogP) is 3.02. The monoisotopic (exact) mass is 393 g/mol. The molecule has 0 aliphatic carbocycles. The summed E-state index contributed by atoms with van der Waals surface area (Å²) in [5.41, 5.74) is 3.25. The van der Waals surface area contributed by atoms with Gasteiger partial charge >= 0.3 is 5.97 Å². The first-order valence-corrected chi connectivity index (χ1v) is 9.39. The van der Waals surface area contributed by atoms with Gasteiger partial charge in [-0.2, -0.15) is 0 Å². The van der Waals surface area contributed by atoms with Gasteiger partial charge < -0.3 is 15.1 Å². The number of aromatic nitrogens is 2. The molecule has 1 aliphatic rings. The highest BCUT2D eigenvalue weighted by Crippen LogP contribution is 2.35. The zero-order chi connectivity index (χ0) is 20.8. The molecule has 4 rings (SSSR count). The van der Waals surface area contributed by atoms with E-state index in [9.17, 15) is 14.7 Å². The van der Waals surface area contributed by atoms with E-state index >= 15 is 0 Å². The molecule has 150 valence electrons. The number of aliphatic carboxylic acids is 1. The number of hydrogen-bond donors (Lipinski definition) is 2. The first-order valence-electron chi connectivity index (χ1n) is 9.39. The molecule has 2 aromatic carbocycles. The van der Waals surface area contributed by atoms with E-state index in [-0.39, 0.29) is 0 Å². The van der Waals surface area contributed by atoms with Crippen molar-refractivity contribution < 1.29 is 19.8 Å². The SMILES string of the molecule is CO.O=Cc1cccc(-c2cccc3ncnc(N4CCCC(C(=O)O)C4)c23)c1. The molecule has 0 amide bonds. The standard InChI is InChI=1S/C21H19N3O3.CH4O/c25-12-14-4-1-5-15(10-14)17-7-2-8-18-19(17)20(23-13-22-18)24-9-3-6-16(11-24)21(26)27;1-2/h1-2,4-5,7-8,10,12-13,16H,3,6,9,11H2,(H,26,27);2H,1H3. The highest BCUT2D eigenvalue weighted by molar-refractivity contribution is 6.02. The Labute approximate surface area is 168 Å². The largest absolute Gasteiger partial charge is 0.481 e. The van der Waals surface area contributed by atoms with E-state index in [1.807, 2.05) is 41.3 Å². The molecule has 3 aromatic rings. The highest BCUT2D eigenvalue weighted by Gasteiger charge is 2.27. The lowest BCUT2D eigenvalue weighted by Gasteiger charge is -2.32. The zero-order valence-electron chi connectivity index (χ0n) is 16.2. The maximum atomic E-state index is 11.5. The van der Waals surface area contributed by atoms with Gasteiger partial charge in [0.1, 0.15) is 18.4 Å². The lowest BCUT2D eigenvalue weighted by atomic mass is 9.96. The van der Waals surface area contributed by atoms with Crippen molar-refractivity contribution in [3.05, 3.63) is 54.4 Å². The Morgan fingerprint density at radius 1 is 1.17 bits per heavy atom. The first-order chi connectivity index (χ1) is 14.2. The van der Waals surface area contributed by atoms with E-state index in [2.05, 4.69) is 9.97 Å². The van der Waals surface area contributed by atoms with Crippen LogP contribution in [0.4, 0.5) is 5.82 Å². The molecule has 0 spiro atoms. The van der Waals surface area contributed by atoms with Crippen LogP contribution in [0.1, 0.15) is 23.2 Å². The molecule has 0 saturated carbocycles. The third kappa shape index (κ3) is 4.25. The summed E-state index contributed by atoms with van der Waals surface area (Å²) in [6.07, 6.45) is 3.84. The summed E-state index contributed by atoms with van der Waals surface area (Å²) in [5, 5.41) is 17.3. The molecule has 7 heteroatoms. The molecule has 0 bridgehead atoms. The number of carboxylic acids is 1. The summed E-state index contributed by atoms with van der Waals surface area (Å²) in [6.45, 7) is 1.20. The Balaban J connectivity index is 0.00000117. The molecule has 1 aliphatic heterocycles. The second-order valence-corrected chi connectivity index (χ2v) is 6.76. The number of nitrogens with zero attached hydrogens (tertiary/aromatic N) is 3. The van der Waals surface area contributed by atoms with Crippen molar-refractivity contribution in [1.29, 1.82) is 0 Å². The van der Waals surface area contributed by atoms with Gasteiger partial charge in [0.25, 0.3) is 0 Å². The summed E-state index contributed by atoms with van der Waals surface area (Å²) in [4.78, 5) is 33.6. The number of hydrogen-bond acceptors (Lipinski definition) is 6. The van der Waals surface area contributed by atoms with Crippen LogP contribution in [0.5, 0.6) is 0 Å². The smallest absolute Gasteiger partial charge is 0.308 e. The van der Waals surface area contributed by atoms with Gasteiger partial charge in [-0.1, -0.05) is 30.3 Å². The van der Waals surface area contributed by atoms with E-state index in [4.69, 9.17) is 5.11 Å². The van der Waals surface area contributed by atoms with Gasteiger partial charge in [-0.15, -0.1) is 0 Å². The molecular formula is C22H23N3O4. The highest BCUT2D eigenvalue weighted by atomic mass is 16.4. The molecule has 2 N–H and O–H groups in total. The van der Waals surface area contributed by atoms with Gasteiger partial charge in [-0.25, -0.2) is 9.97 Å². The van der Waals surface area contributed by atoms with Gasteiger partial charge in [0.2, 0.25) is 0 Å². The van der Waals surface area contributed by atoms with Gasteiger partial charge in [0.15, 0.2) is 0 Å². The van der Waals surface area contributed by atoms with Crippen LogP contribution in [0.2, 0.25) is 0 Å². The summed E-state index contributed by atoms with van der Waals surface area (Å²) in [5.74, 6) is -0.413. The minimum Gasteiger partial charge on any atom is -0.481 e. The lowest BCUT2D eigenvalue weighted by molar-refractivity contribution is -0.141. The van der Waals surface area contributed by atoms with Gasteiger partial charge in [0, 0.05) is 25.8 Å². The lowest BCUT2D eigenvalue weighted by Crippen LogP contribution is -2.39. The van der Waals surface area contributed by atoms with E-state index in [0.717, 1.165) is 54.2 Å². The fourth-order valence-electron chi connectivity index (χ4n) is 3.72. The van der Waals surface area contributed by atoms with E-state index in [1.165, 1.54) is 6.33 Å². The topological polar surface area (TPSA) is 104 Å². The number of carbonyl (C=O) groups excluding carboxylic acids is 1. The average Bonchev–Trinajstić information content (AvgIpc) is 2.79. The van der Waals surface area contributed by atoms with Crippen molar-refractivity contribution in [2.24, 2.45) is 5.92 Å². The fraction of sp³-hybridized carbons (Fsp3) is 0.273. The molecular weight excluding hydrogens is 370 g/mol. The van der Waals surface area contributed by atoms with Crippen LogP contribution in [0, 0.1) is 5.92 Å². The number of carboxylic acid groups (broad SMARTS) is 1. The minimum absolute atomic E-state index is 0.394. The van der Waals surface area contributed by atoms with Crippen LogP contribution >= 0.6 is 0 Å². The number of carbonyl (C=O) groups is 2. The molecule has 1 aromatic heterocycles. The van der Waals surface area contributed by atoms with Crippen LogP contribution in [0.3, 0.4) is 0 Å². The van der Waals surface area contributed by atoms with Gasteiger partial charge in [-0.05, 0) is 36.1 Å². The Kier molecular flexibility index (Phi) is 6.51. The summed E-state index contributed by atoms with van der Waals surface area (Å²) < 4.78 is 0. The molecule has 2 heterocycles. The minimum atomic E-state index is -0.767. The van der Waals surface area contributed by atoms with Crippen LogP contribution in [-0.4, -0.2) is 52.6 Å². The Morgan fingerprint density at radius 2 is 1.97 bits per heavy atom. The number of benzene rings is 2. The molecule has 0 radical (unpaired) electrons. The molecule has 7 nitrogen and oxygen atoms in total. The van der Waals surface area contributed by atoms with Crippen molar-refractivity contribution >= 4 is 29.0 Å². The van der Waals surface area contributed by atoms with E-state index in [1.54, 1.807) is 6.07 Å². The fourth-order valence-corrected chi connectivity index (χ4v) is 3.72. The molecule has 1 atom stereocenters. The third-order valence-corrected chi connectivity index (χ3v) is 5.05. The van der Waals surface area contributed by atoms with Crippen LogP contribution in [-0.2, 0) is 4.79 Å². The number of fused-ring (bicyclic) bond motifs is 1. The van der Waals surface area contributed by atoms with Crippen LogP contribution in [0.15, 0.2) is 48.8 Å². The first kappa shape index (κ1) is 20.4. The average molecular weight is 393 g/mol. The van der Waals surface area contributed by atoms with E-state index in [0.29, 0.717) is 18.5 Å². The number of aldehydes is 1. The van der Waals surface area contributed by atoms with Gasteiger partial charge in [0.05, 0.1) is 16.8 Å². The van der Waals surface area contributed by atoms with Crippen molar-refractivity contribution in [2.75, 3.05) is 25.1 Å². The molecule has 1 fully saturated rings. The summed E-state index contributed by atoms with van der Waals surface area (Å²) >= 11 is 0. The molecule has 29 heavy (non-hydrogen) atoms.